The summed E-state index contributed by atoms with van der Waals surface area (Å²) in [5.74, 6) is 1.40. The van der Waals surface area contributed by atoms with E-state index in [1.165, 1.54) is 5.56 Å². The Hall–Kier alpha value is -2.49. The van der Waals surface area contributed by atoms with Crippen LogP contribution in [0, 0.1) is 0 Å². The first kappa shape index (κ1) is 18.8. The molecule has 0 radical (unpaired) electrons. The van der Waals surface area contributed by atoms with E-state index < -0.39 is 6.10 Å². The van der Waals surface area contributed by atoms with Gasteiger partial charge in [0.15, 0.2) is 6.10 Å². The maximum Gasteiger partial charge on any atom is 0.261 e. The van der Waals surface area contributed by atoms with Crippen LogP contribution in [0.1, 0.15) is 38.8 Å². The highest BCUT2D eigenvalue weighted by Crippen LogP contribution is 2.15. The van der Waals surface area contributed by atoms with E-state index in [-0.39, 0.29) is 12.0 Å². The molecule has 2 aromatic rings. The number of carbonyl (C=O) groups excluding carboxylic acids is 1. The van der Waals surface area contributed by atoms with Crippen molar-refractivity contribution in [2.75, 3.05) is 0 Å². The fraction of sp³-hybridized carbons (Fsp3) is 0.381. The Morgan fingerprint density at radius 3 is 1.92 bits per heavy atom. The Morgan fingerprint density at radius 1 is 0.880 bits per heavy atom. The number of carbonyl (C=O) groups is 1. The molecule has 0 saturated heterocycles. The van der Waals surface area contributed by atoms with E-state index in [4.69, 9.17) is 9.47 Å². The molecule has 2 aromatic carbocycles. The lowest BCUT2D eigenvalue weighted by Crippen LogP contribution is -2.35. The van der Waals surface area contributed by atoms with Crippen LogP contribution >= 0.6 is 0 Å². The summed E-state index contributed by atoms with van der Waals surface area (Å²) in [4.78, 5) is 12.2. The Morgan fingerprint density at radius 2 is 1.40 bits per heavy atom. The summed E-state index contributed by atoms with van der Waals surface area (Å²) in [6.07, 6.45) is 0.586. The predicted octanol–water partition coefficient (Wildman–Crippen LogP) is 4.12. The second-order valence-electron chi connectivity index (χ2n) is 6.29. The smallest absolute Gasteiger partial charge is 0.261 e. The molecule has 0 heterocycles. The molecule has 134 valence electrons. The van der Waals surface area contributed by atoms with Crippen LogP contribution in [0.15, 0.2) is 48.5 Å². The van der Waals surface area contributed by atoms with Gasteiger partial charge in [-0.3, -0.25) is 4.79 Å². The van der Waals surface area contributed by atoms with Crippen LogP contribution in [-0.2, 0) is 17.8 Å². The zero-order chi connectivity index (χ0) is 18.2. The van der Waals surface area contributed by atoms with Crippen molar-refractivity contribution in [1.82, 2.24) is 5.32 Å². The normalized spacial score (nSPS) is 11.9. The fourth-order valence-corrected chi connectivity index (χ4v) is 2.35. The third kappa shape index (κ3) is 6.14. The maximum atomic E-state index is 12.2. The van der Waals surface area contributed by atoms with Crippen LogP contribution in [-0.4, -0.2) is 18.1 Å². The fourth-order valence-electron chi connectivity index (χ4n) is 2.35. The first-order valence-electron chi connectivity index (χ1n) is 8.77. The van der Waals surface area contributed by atoms with Crippen molar-refractivity contribution in [3.05, 3.63) is 59.7 Å². The van der Waals surface area contributed by atoms with Gasteiger partial charge in [-0.15, -0.1) is 0 Å². The minimum Gasteiger partial charge on any atom is -0.491 e. The van der Waals surface area contributed by atoms with Crippen LogP contribution in [0.2, 0.25) is 0 Å². The van der Waals surface area contributed by atoms with E-state index in [0.29, 0.717) is 12.3 Å². The van der Waals surface area contributed by atoms with E-state index in [1.807, 2.05) is 62.4 Å². The standard InChI is InChI=1S/C21H27NO3/c1-5-17-6-10-20(11-7-17)25-16(4)21(23)22-14-18-8-12-19(13-9-18)24-15(2)3/h6-13,15-16H,5,14H2,1-4H3,(H,22,23). The number of rotatable bonds is 8. The lowest BCUT2D eigenvalue weighted by atomic mass is 10.2. The van der Waals surface area contributed by atoms with Gasteiger partial charge in [-0.1, -0.05) is 31.2 Å². The van der Waals surface area contributed by atoms with Crippen molar-refractivity contribution in [3.8, 4) is 11.5 Å². The van der Waals surface area contributed by atoms with Gasteiger partial charge in [0.25, 0.3) is 5.91 Å². The van der Waals surface area contributed by atoms with Gasteiger partial charge in [0.1, 0.15) is 11.5 Å². The van der Waals surface area contributed by atoms with Gasteiger partial charge in [0.2, 0.25) is 0 Å². The average molecular weight is 341 g/mol. The van der Waals surface area contributed by atoms with E-state index >= 15 is 0 Å². The predicted molar refractivity (Wildman–Crippen MR) is 100.0 cm³/mol. The van der Waals surface area contributed by atoms with Crippen LogP contribution < -0.4 is 14.8 Å². The Balaban J connectivity index is 1.82. The molecule has 0 spiro atoms. The Kier molecular flexibility index (Phi) is 6.87. The van der Waals surface area contributed by atoms with Gasteiger partial charge in [0, 0.05) is 6.54 Å². The van der Waals surface area contributed by atoms with Gasteiger partial charge < -0.3 is 14.8 Å². The number of amides is 1. The first-order valence-corrected chi connectivity index (χ1v) is 8.77. The zero-order valence-electron chi connectivity index (χ0n) is 15.4. The number of nitrogens with one attached hydrogen (secondary N) is 1. The van der Waals surface area contributed by atoms with E-state index in [2.05, 4.69) is 12.2 Å². The summed E-state index contributed by atoms with van der Waals surface area (Å²) in [7, 11) is 0. The van der Waals surface area contributed by atoms with Crippen LogP contribution in [0.5, 0.6) is 11.5 Å². The van der Waals surface area contributed by atoms with E-state index in [0.717, 1.165) is 17.7 Å². The highest BCUT2D eigenvalue weighted by molar-refractivity contribution is 5.80. The Labute approximate surface area is 150 Å². The molecule has 0 bridgehead atoms. The zero-order valence-corrected chi connectivity index (χ0v) is 15.4. The lowest BCUT2D eigenvalue weighted by molar-refractivity contribution is -0.127. The molecule has 25 heavy (non-hydrogen) atoms. The molecule has 1 unspecified atom stereocenters. The average Bonchev–Trinajstić information content (AvgIpc) is 2.61. The highest BCUT2D eigenvalue weighted by Gasteiger charge is 2.14. The summed E-state index contributed by atoms with van der Waals surface area (Å²) < 4.78 is 11.3. The molecule has 1 atom stereocenters. The molecule has 0 aliphatic heterocycles. The summed E-state index contributed by atoms with van der Waals surface area (Å²) >= 11 is 0. The van der Waals surface area contributed by atoms with Crippen molar-refractivity contribution in [1.29, 1.82) is 0 Å². The summed E-state index contributed by atoms with van der Waals surface area (Å²) in [6, 6.07) is 15.6. The number of hydrogen-bond acceptors (Lipinski definition) is 3. The van der Waals surface area contributed by atoms with Crippen molar-refractivity contribution >= 4 is 5.91 Å². The molecule has 1 amide bonds. The number of ether oxygens (including phenoxy) is 2. The molecule has 0 saturated carbocycles. The molecule has 1 N–H and O–H groups in total. The van der Waals surface area contributed by atoms with Gasteiger partial charge in [-0.05, 0) is 62.6 Å². The van der Waals surface area contributed by atoms with Crippen LogP contribution in [0.3, 0.4) is 0 Å². The summed E-state index contributed by atoms with van der Waals surface area (Å²) in [5, 5.41) is 2.90. The molecular weight excluding hydrogens is 314 g/mol. The largest absolute Gasteiger partial charge is 0.491 e. The lowest BCUT2D eigenvalue weighted by Gasteiger charge is -2.15. The minimum atomic E-state index is -0.545. The summed E-state index contributed by atoms with van der Waals surface area (Å²) in [6.45, 7) is 8.30. The molecule has 0 aliphatic rings. The number of benzene rings is 2. The molecule has 0 aliphatic carbocycles. The van der Waals surface area contributed by atoms with Crippen LogP contribution in [0.4, 0.5) is 0 Å². The minimum absolute atomic E-state index is 0.137. The Bertz CT molecular complexity index is 663. The third-order valence-corrected chi connectivity index (χ3v) is 3.78. The quantitative estimate of drug-likeness (QED) is 0.786. The SMILES string of the molecule is CCc1ccc(OC(C)C(=O)NCc2ccc(OC(C)C)cc2)cc1. The monoisotopic (exact) mass is 341 g/mol. The second kappa shape index (κ2) is 9.11. The van der Waals surface area contributed by atoms with E-state index in [9.17, 15) is 4.79 Å². The topological polar surface area (TPSA) is 47.6 Å². The van der Waals surface area contributed by atoms with Crippen LogP contribution in [0.25, 0.3) is 0 Å². The van der Waals surface area contributed by atoms with Gasteiger partial charge in [0.05, 0.1) is 6.10 Å². The highest BCUT2D eigenvalue weighted by atomic mass is 16.5. The van der Waals surface area contributed by atoms with Crippen molar-refractivity contribution in [2.45, 2.75) is 52.9 Å². The molecule has 4 nitrogen and oxygen atoms in total. The maximum absolute atomic E-state index is 12.2. The van der Waals surface area contributed by atoms with Gasteiger partial charge in [-0.25, -0.2) is 0 Å². The van der Waals surface area contributed by atoms with Crippen molar-refractivity contribution in [3.63, 3.8) is 0 Å². The molecule has 0 fully saturated rings. The van der Waals surface area contributed by atoms with Gasteiger partial charge >= 0.3 is 0 Å². The van der Waals surface area contributed by atoms with Crippen molar-refractivity contribution < 1.29 is 14.3 Å². The molecule has 0 aromatic heterocycles. The number of aryl methyl sites for hydroxylation is 1. The number of hydrogen-bond donors (Lipinski definition) is 1. The first-order chi connectivity index (χ1) is 12.0. The third-order valence-electron chi connectivity index (χ3n) is 3.78. The molecule has 2 rings (SSSR count). The second-order valence-corrected chi connectivity index (χ2v) is 6.29. The van der Waals surface area contributed by atoms with Gasteiger partial charge in [-0.2, -0.15) is 0 Å². The van der Waals surface area contributed by atoms with E-state index in [1.54, 1.807) is 6.92 Å². The van der Waals surface area contributed by atoms with Crippen molar-refractivity contribution in [2.24, 2.45) is 0 Å². The molecule has 4 heteroatoms. The summed E-state index contributed by atoms with van der Waals surface area (Å²) in [5.41, 5.74) is 2.26. The molecular formula is C21H27NO3.